The summed E-state index contributed by atoms with van der Waals surface area (Å²) in [5.41, 5.74) is 0. The summed E-state index contributed by atoms with van der Waals surface area (Å²) in [5.74, 6) is -0.934. The molecule has 0 aliphatic rings. The zero-order valence-corrected chi connectivity index (χ0v) is 7.32. The molecular weight excluding hydrogens is 214 g/mol. The molecule has 0 aliphatic carbocycles. The summed E-state index contributed by atoms with van der Waals surface area (Å²) in [6, 6.07) is -0.688. The van der Waals surface area contributed by atoms with Crippen LogP contribution >= 0.6 is 15.9 Å². The Kier molecular flexibility index (Phi) is 2.23. The Morgan fingerprint density at radius 3 is 2.91 bits per heavy atom. The van der Waals surface area contributed by atoms with Crippen LogP contribution in [-0.2, 0) is 4.79 Å². The molecule has 1 N–H and O–H groups in total. The fourth-order valence-corrected chi connectivity index (χ4v) is 1.09. The molecule has 1 rings (SSSR count). The third-order valence-corrected chi connectivity index (χ3v) is 1.82. The van der Waals surface area contributed by atoms with Gasteiger partial charge in [0.15, 0.2) is 4.73 Å². The van der Waals surface area contributed by atoms with Crippen molar-refractivity contribution in [3.8, 4) is 0 Å². The fraction of sp³-hybridized carbons (Fsp3) is 0.400. The van der Waals surface area contributed by atoms with Crippen molar-refractivity contribution in [3.05, 3.63) is 11.1 Å². The van der Waals surface area contributed by atoms with Gasteiger partial charge in [0.2, 0.25) is 0 Å². The van der Waals surface area contributed by atoms with E-state index in [1.807, 2.05) is 0 Å². The van der Waals surface area contributed by atoms with Crippen LogP contribution in [0.1, 0.15) is 13.0 Å². The lowest BCUT2D eigenvalue weighted by molar-refractivity contribution is -0.140. The van der Waals surface area contributed by atoms with E-state index in [1.54, 1.807) is 0 Å². The van der Waals surface area contributed by atoms with Crippen molar-refractivity contribution in [1.82, 2.24) is 14.8 Å². The van der Waals surface area contributed by atoms with Gasteiger partial charge in [-0.3, -0.25) is 0 Å². The topological polar surface area (TPSA) is 68.0 Å². The fourth-order valence-electron chi connectivity index (χ4n) is 0.600. The summed E-state index contributed by atoms with van der Waals surface area (Å²) in [4.78, 5) is 14.2. The molecule has 11 heavy (non-hydrogen) atoms. The Balaban J connectivity index is 2.92. The van der Waals surface area contributed by atoms with Gasteiger partial charge in [0.1, 0.15) is 12.4 Å². The molecule has 0 radical (unpaired) electrons. The highest BCUT2D eigenvalue weighted by molar-refractivity contribution is 9.10. The van der Waals surface area contributed by atoms with Crippen LogP contribution in [0.15, 0.2) is 11.1 Å². The Bertz CT molecular complexity index is 272. The standard InChI is InChI=1S/C5H6BrN3O2/c1-3(4(10)11)9-5(6)7-2-8-9/h2-3H,1H3,(H,10,11)/t3-/m0/s1. The van der Waals surface area contributed by atoms with Gasteiger partial charge in [-0.25, -0.2) is 14.5 Å². The number of nitrogens with zero attached hydrogens (tertiary/aromatic N) is 3. The van der Waals surface area contributed by atoms with Gasteiger partial charge in [-0.1, -0.05) is 0 Å². The maximum atomic E-state index is 10.4. The van der Waals surface area contributed by atoms with E-state index in [9.17, 15) is 4.79 Å². The van der Waals surface area contributed by atoms with E-state index in [-0.39, 0.29) is 0 Å². The van der Waals surface area contributed by atoms with Crippen molar-refractivity contribution in [2.24, 2.45) is 0 Å². The third-order valence-electron chi connectivity index (χ3n) is 1.25. The van der Waals surface area contributed by atoms with E-state index >= 15 is 0 Å². The number of rotatable bonds is 2. The Morgan fingerprint density at radius 2 is 2.55 bits per heavy atom. The normalized spacial score (nSPS) is 12.9. The molecule has 0 spiro atoms. The first-order valence-electron chi connectivity index (χ1n) is 2.90. The van der Waals surface area contributed by atoms with Crippen LogP contribution in [-0.4, -0.2) is 25.8 Å². The molecule has 0 amide bonds. The molecular formula is C5H6BrN3O2. The molecule has 0 unspecified atom stereocenters. The number of hydrogen-bond donors (Lipinski definition) is 1. The van der Waals surface area contributed by atoms with Crippen molar-refractivity contribution >= 4 is 21.9 Å². The molecule has 6 heteroatoms. The highest BCUT2D eigenvalue weighted by Gasteiger charge is 2.16. The van der Waals surface area contributed by atoms with Gasteiger partial charge in [0.25, 0.3) is 0 Å². The molecule has 0 saturated carbocycles. The first kappa shape index (κ1) is 8.19. The highest BCUT2D eigenvalue weighted by atomic mass is 79.9. The second-order valence-corrected chi connectivity index (χ2v) is 2.70. The van der Waals surface area contributed by atoms with Gasteiger partial charge >= 0.3 is 5.97 Å². The van der Waals surface area contributed by atoms with Crippen LogP contribution in [0.2, 0.25) is 0 Å². The van der Waals surface area contributed by atoms with Crippen LogP contribution in [0.4, 0.5) is 0 Å². The van der Waals surface area contributed by atoms with Gasteiger partial charge in [-0.05, 0) is 22.9 Å². The van der Waals surface area contributed by atoms with Gasteiger partial charge in [0.05, 0.1) is 0 Å². The van der Waals surface area contributed by atoms with E-state index in [0.717, 1.165) is 0 Å². The van der Waals surface area contributed by atoms with Crippen LogP contribution in [0.25, 0.3) is 0 Å². The molecule has 1 aromatic heterocycles. The molecule has 60 valence electrons. The van der Waals surface area contributed by atoms with Crippen LogP contribution in [0, 0.1) is 0 Å². The first-order chi connectivity index (χ1) is 5.13. The van der Waals surface area contributed by atoms with E-state index in [2.05, 4.69) is 26.0 Å². The number of carbonyl (C=O) groups is 1. The summed E-state index contributed by atoms with van der Waals surface area (Å²) in [6.07, 6.45) is 1.30. The summed E-state index contributed by atoms with van der Waals surface area (Å²) in [6.45, 7) is 1.53. The number of aliphatic carboxylic acids is 1. The number of halogens is 1. The van der Waals surface area contributed by atoms with Crippen molar-refractivity contribution in [2.45, 2.75) is 13.0 Å². The summed E-state index contributed by atoms with van der Waals surface area (Å²) >= 11 is 3.06. The lowest BCUT2D eigenvalue weighted by Gasteiger charge is -2.05. The minimum Gasteiger partial charge on any atom is -0.480 e. The molecule has 0 fully saturated rings. The summed E-state index contributed by atoms with van der Waals surface area (Å²) < 4.78 is 1.70. The zero-order valence-electron chi connectivity index (χ0n) is 5.73. The van der Waals surface area contributed by atoms with Crippen molar-refractivity contribution < 1.29 is 9.90 Å². The Morgan fingerprint density at radius 1 is 1.91 bits per heavy atom. The molecule has 5 nitrogen and oxygen atoms in total. The monoisotopic (exact) mass is 219 g/mol. The molecule has 0 saturated heterocycles. The van der Waals surface area contributed by atoms with Gasteiger partial charge in [0, 0.05) is 0 Å². The number of hydrogen-bond acceptors (Lipinski definition) is 3. The van der Waals surface area contributed by atoms with Crippen molar-refractivity contribution in [1.29, 1.82) is 0 Å². The summed E-state index contributed by atoms with van der Waals surface area (Å²) in [5, 5.41) is 12.3. The zero-order chi connectivity index (χ0) is 8.43. The highest BCUT2D eigenvalue weighted by Crippen LogP contribution is 2.11. The van der Waals surface area contributed by atoms with E-state index < -0.39 is 12.0 Å². The predicted octanol–water partition coefficient (Wildman–Crippen LogP) is 0.686. The first-order valence-corrected chi connectivity index (χ1v) is 3.70. The average molecular weight is 220 g/mol. The Labute approximate surface area is 71.2 Å². The summed E-state index contributed by atoms with van der Waals surface area (Å²) in [7, 11) is 0. The van der Waals surface area contributed by atoms with E-state index in [0.29, 0.717) is 4.73 Å². The number of carboxylic acid groups (broad SMARTS) is 1. The maximum Gasteiger partial charge on any atom is 0.328 e. The van der Waals surface area contributed by atoms with Gasteiger partial charge in [-0.2, -0.15) is 5.10 Å². The second kappa shape index (κ2) is 3.00. The molecule has 0 aromatic carbocycles. The minimum absolute atomic E-state index is 0.424. The van der Waals surface area contributed by atoms with Gasteiger partial charge in [-0.15, -0.1) is 0 Å². The van der Waals surface area contributed by atoms with E-state index in [4.69, 9.17) is 5.11 Å². The molecule has 1 atom stereocenters. The SMILES string of the molecule is C[C@@H](C(=O)O)n1ncnc1Br. The van der Waals surface area contributed by atoms with Crippen molar-refractivity contribution in [3.63, 3.8) is 0 Å². The molecule has 1 aromatic rings. The smallest absolute Gasteiger partial charge is 0.328 e. The predicted molar refractivity (Wildman–Crippen MR) is 40.1 cm³/mol. The van der Waals surface area contributed by atoms with Crippen LogP contribution in [0.5, 0.6) is 0 Å². The van der Waals surface area contributed by atoms with Crippen LogP contribution in [0.3, 0.4) is 0 Å². The van der Waals surface area contributed by atoms with E-state index in [1.165, 1.54) is 17.9 Å². The molecule has 1 heterocycles. The Hall–Kier alpha value is -0.910. The largest absolute Gasteiger partial charge is 0.480 e. The average Bonchev–Trinajstić information content (AvgIpc) is 2.33. The minimum atomic E-state index is -0.934. The lowest BCUT2D eigenvalue weighted by Crippen LogP contribution is -2.16. The lowest BCUT2D eigenvalue weighted by atomic mass is 10.4. The van der Waals surface area contributed by atoms with Gasteiger partial charge < -0.3 is 5.11 Å². The maximum absolute atomic E-state index is 10.4. The van der Waals surface area contributed by atoms with Crippen molar-refractivity contribution in [2.75, 3.05) is 0 Å². The third kappa shape index (κ3) is 1.56. The second-order valence-electron chi connectivity index (χ2n) is 1.99. The number of carboxylic acids is 1. The molecule has 0 aliphatic heterocycles. The van der Waals surface area contributed by atoms with Crippen LogP contribution < -0.4 is 0 Å². The quantitative estimate of drug-likeness (QED) is 0.795. The number of aromatic nitrogens is 3. The molecule has 0 bridgehead atoms.